The van der Waals surface area contributed by atoms with E-state index in [1.165, 1.54) is 96.9 Å². The van der Waals surface area contributed by atoms with Crippen LogP contribution in [0.2, 0.25) is 0 Å². The molecule has 0 aromatic heterocycles. The molecular weight excluding hydrogens is 844 g/mol. The van der Waals surface area contributed by atoms with Gasteiger partial charge in [0.2, 0.25) is 0 Å². The highest BCUT2D eigenvalue weighted by atomic mass is 16.4. The van der Waals surface area contributed by atoms with E-state index in [1.54, 1.807) is 0 Å². The van der Waals surface area contributed by atoms with Crippen LogP contribution in [0.4, 0.5) is 0 Å². The van der Waals surface area contributed by atoms with E-state index in [9.17, 15) is 86.3 Å². The number of ketones is 14. The summed E-state index contributed by atoms with van der Waals surface area (Å²) in [6.45, 7) is 19.0. The van der Waals surface area contributed by atoms with Gasteiger partial charge in [-0.2, -0.15) is 0 Å². The Morgan fingerprint density at radius 2 is 0.238 bits per heavy atom. The number of carbonyl (C=O) groups is 18. The molecule has 0 fully saturated rings. The molecule has 0 unspecified atom stereocenters. The fourth-order valence-electron chi connectivity index (χ4n) is 2.60. The maximum absolute atomic E-state index is 10.0. The molecule has 0 spiro atoms. The van der Waals surface area contributed by atoms with Gasteiger partial charge in [0.15, 0.2) is 0 Å². The number of carbonyl (C=O) groups excluding carboxylic acids is 14. The van der Waals surface area contributed by atoms with Gasteiger partial charge in [0.05, 0.1) is 32.1 Å². The summed E-state index contributed by atoms with van der Waals surface area (Å²) < 4.78 is 0. The van der Waals surface area contributed by atoms with Crippen LogP contribution in [0, 0.1) is 0 Å². The first kappa shape index (κ1) is 76.9. The molecule has 0 heterocycles. The highest BCUT2D eigenvalue weighted by Crippen LogP contribution is 1.84. The molecule has 0 aromatic carbocycles. The summed E-state index contributed by atoms with van der Waals surface area (Å²) in [5, 5.41) is 31.5. The average Bonchev–Trinajstić information content (AvgIpc) is 2.93. The van der Waals surface area contributed by atoms with Crippen molar-refractivity contribution >= 4 is 105 Å². The van der Waals surface area contributed by atoms with E-state index in [0.29, 0.717) is 0 Å². The van der Waals surface area contributed by atoms with Crippen LogP contribution in [0.5, 0.6) is 0 Å². The lowest BCUT2D eigenvalue weighted by Crippen LogP contribution is -2.00. The molecule has 4 N–H and O–H groups in total. The molecule has 0 aliphatic heterocycles. The second-order valence-electron chi connectivity index (χ2n) is 13.0. The van der Waals surface area contributed by atoms with Crippen molar-refractivity contribution in [2.75, 3.05) is 0 Å². The van der Waals surface area contributed by atoms with Gasteiger partial charge >= 0.3 is 23.9 Å². The normalized spacial score (nSPS) is 8.22. The first-order chi connectivity index (χ1) is 28.1. The Morgan fingerprint density at radius 3 is 0.238 bits per heavy atom. The van der Waals surface area contributed by atoms with Gasteiger partial charge in [-0.15, -0.1) is 0 Å². The number of carboxylic acid groups (broad SMARTS) is 4. The Balaban J connectivity index is -0.0000000744. The maximum atomic E-state index is 10.0. The zero-order valence-corrected chi connectivity index (χ0v) is 38.5. The predicted molar refractivity (Wildman–Crippen MR) is 222 cm³/mol. The lowest BCUT2D eigenvalue weighted by molar-refractivity contribution is -0.141. The minimum atomic E-state index is -1.06. The van der Waals surface area contributed by atoms with E-state index in [2.05, 4.69) is 0 Å². The number of Topliss-reactive ketones (excluding diaryl/α,β-unsaturated/α-hetero) is 14. The van der Waals surface area contributed by atoms with Crippen LogP contribution < -0.4 is 0 Å². The molecule has 63 heavy (non-hydrogen) atoms. The summed E-state index contributed by atoms with van der Waals surface area (Å²) in [6.07, 6.45) is -1.03. The molecule has 0 amide bonds. The number of rotatable bonds is 18. The SMILES string of the molecule is CC(=O)CC(=O)O.CC(=O)CC(=O)O.CC(=O)CC(=O)O.CC(=O)CC(=O)O.CC(=O)CC(C)=O.CC(=O)CC(C)=O.CC(=O)CC(C)=O.CC(=O)CC(C)=O.CC(=O)CC(C)=O. The van der Waals surface area contributed by atoms with Gasteiger partial charge in [-0.1, -0.05) is 0 Å². The van der Waals surface area contributed by atoms with E-state index in [0.717, 1.165) is 0 Å². The minimum absolute atomic E-state index is 0.0625. The van der Waals surface area contributed by atoms with Crippen LogP contribution in [0.1, 0.15) is 155 Å². The lowest BCUT2D eigenvalue weighted by atomic mass is 10.2. The van der Waals surface area contributed by atoms with Crippen molar-refractivity contribution in [1.82, 2.24) is 0 Å². The summed E-state index contributed by atoms with van der Waals surface area (Å²) in [4.78, 5) is 178. The van der Waals surface area contributed by atoms with Gasteiger partial charge in [0.1, 0.15) is 107 Å². The molecule has 22 nitrogen and oxygen atoms in total. The summed E-state index contributed by atoms with van der Waals surface area (Å²) in [6, 6.07) is 0. The van der Waals surface area contributed by atoms with Gasteiger partial charge in [-0.3, -0.25) is 86.3 Å². The molecule has 0 radical (unpaired) electrons. The van der Waals surface area contributed by atoms with Gasteiger partial charge < -0.3 is 20.4 Å². The van der Waals surface area contributed by atoms with E-state index in [4.69, 9.17) is 20.4 Å². The molecule has 0 aliphatic carbocycles. The standard InChI is InChI=1S/5C5H8O2.4C4H6O3/c5*1-4(6)3-5(2)7;4*1-3(5)2-4(6)7/h5*3H2,1-2H3;4*2H2,1H3,(H,6,7). The zero-order chi connectivity index (χ0) is 52.8. The first-order valence-corrected chi connectivity index (χ1v) is 17.9. The van der Waals surface area contributed by atoms with Crippen molar-refractivity contribution in [3.8, 4) is 0 Å². The zero-order valence-electron chi connectivity index (χ0n) is 38.5. The molecule has 22 heteroatoms. The molecule has 0 atom stereocenters. The van der Waals surface area contributed by atoms with Crippen LogP contribution >= 0.6 is 0 Å². The molecule has 0 aliphatic rings. The van der Waals surface area contributed by atoms with E-state index >= 15 is 0 Å². The molecule has 0 bridgehead atoms. The van der Waals surface area contributed by atoms with E-state index in [1.807, 2.05) is 0 Å². The number of aliphatic carboxylic acids is 4. The van der Waals surface area contributed by atoms with Crippen molar-refractivity contribution in [3.05, 3.63) is 0 Å². The van der Waals surface area contributed by atoms with Crippen molar-refractivity contribution in [3.63, 3.8) is 0 Å². The third-order valence-corrected chi connectivity index (χ3v) is 4.09. The van der Waals surface area contributed by atoms with Crippen LogP contribution in [0.25, 0.3) is 0 Å². The lowest BCUT2D eigenvalue weighted by Gasteiger charge is -1.81. The Bertz CT molecular complexity index is 1120. The van der Waals surface area contributed by atoms with Gasteiger partial charge in [0.25, 0.3) is 0 Å². The fourth-order valence-corrected chi connectivity index (χ4v) is 2.60. The van der Waals surface area contributed by atoms with Gasteiger partial charge in [-0.05, 0) is 96.9 Å². The molecule has 0 rings (SSSR count). The van der Waals surface area contributed by atoms with Crippen molar-refractivity contribution < 1.29 is 107 Å². The largest absolute Gasteiger partial charge is 0.481 e. The first-order valence-electron chi connectivity index (χ1n) is 17.9. The second-order valence-corrected chi connectivity index (χ2v) is 13.0. The third kappa shape index (κ3) is 183. The monoisotopic (exact) mass is 908 g/mol. The third-order valence-electron chi connectivity index (χ3n) is 4.09. The number of hydrogen-bond donors (Lipinski definition) is 4. The molecule has 0 aromatic rings. The van der Waals surface area contributed by atoms with Gasteiger partial charge in [0, 0.05) is 0 Å². The smallest absolute Gasteiger partial charge is 0.310 e. The van der Waals surface area contributed by atoms with Crippen molar-refractivity contribution in [1.29, 1.82) is 0 Å². The quantitative estimate of drug-likeness (QED) is 0.144. The molecule has 360 valence electrons. The molecular formula is C41H64O22. The van der Waals surface area contributed by atoms with Crippen molar-refractivity contribution in [2.24, 2.45) is 0 Å². The van der Waals surface area contributed by atoms with Crippen LogP contribution in [-0.2, 0) is 86.3 Å². The van der Waals surface area contributed by atoms with Crippen LogP contribution in [0.15, 0.2) is 0 Å². The topological polar surface area (TPSA) is 388 Å². The summed E-state index contributed by atoms with van der Waals surface area (Å²) >= 11 is 0. The minimum Gasteiger partial charge on any atom is -0.481 e. The summed E-state index contributed by atoms with van der Waals surface area (Å²) in [5.41, 5.74) is 0. The average molecular weight is 909 g/mol. The van der Waals surface area contributed by atoms with E-state index < -0.39 is 23.9 Å². The Hall–Kier alpha value is -6.74. The maximum Gasteiger partial charge on any atom is 0.310 e. The van der Waals surface area contributed by atoms with E-state index in [-0.39, 0.29) is 139 Å². The number of carboxylic acids is 4. The Morgan fingerprint density at radius 1 is 0.175 bits per heavy atom. The van der Waals surface area contributed by atoms with Crippen LogP contribution in [0.3, 0.4) is 0 Å². The predicted octanol–water partition coefficient (Wildman–Crippen LogP) is 2.97. The second kappa shape index (κ2) is 51.4. The molecule has 0 saturated carbocycles. The fraction of sp³-hybridized carbons (Fsp3) is 0.561. The summed E-state index contributed by atoms with van der Waals surface area (Å²) in [7, 11) is 0. The summed E-state index contributed by atoms with van der Waals surface area (Å²) in [5.74, 6) is -6.12. The highest BCUT2D eigenvalue weighted by Gasteiger charge is 2.01. The number of hydrogen-bond acceptors (Lipinski definition) is 18. The van der Waals surface area contributed by atoms with Crippen molar-refractivity contribution in [2.45, 2.75) is 155 Å². The Labute approximate surface area is 365 Å². The van der Waals surface area contributed by atoms with Gasteiger partial charge in [-0.25, -0.2) is 0 Å². The van der Waals surface area contributed by atoms with Crippen LogP contribution in [-0.4, -0.2) is 125 Å². The molecule has 0 saturated heterocycles. The highest BCUT2D eigenvalue weighted by molar-refractivity contribution is 5.99. The Kier molecular flexibility index (Phi) is 62.8.